The highest BCUT2D eigenvalue weighted by molar-refractivity contribution is 6.05. The average molecular weight is 359 g/mol. The molecule has 138 valence electrons. The largest absolute Gasteiger partial charge is 0.272 e. The van der Waals surface area contributed by atoms with E-state index in [9.17, 15) is 4.79 Å². The monoisotopic (exact) mass is 359 g/mol. The van der Waals surface area contributed by atoms with Crippen LogP contribution in [0.15, 0.2) is 79.1 Å². The van der Waals surface area contributed by atoms with Gasteiger partial charge in [-0.1, -0.05) is 51.1 Å². The lowest BCUT2D eigenvalue weighted by atomic mass is 9.87. The number of nitrogens with zero attached hydrogens (tertiary/aromatic N) is 2. The third-order valence-corrected chi connectivity index (χ3v) is 4.41. The first-order valence-corrected chi connectivity index (χ1v) is 9.07. The van der Waals surface area contributed by atoms with Gasteiger partial charge < -0.3 is 0 Å². The highest BCUT2D eigenvalue weighted by Crippen LogP contribution is 2.25. The van der Waals surface area contributed by atoms with E-state index in [2.05, 4.69) is 43.3 Å². The Morgan fingerprint density at radius 2 is 1.56 bits per heavy atom. The van der Waals surface area contributed by atoms with Gasteiger partial charge >= 0.3 is 0 Å². The molecule has 0 aliphatic carbocycles. The summed E-state index contributed by atoms with van der Waals surface area (Å²) in [6, 6.07) is 21.3. The van der Waals surface area contributed by atoms with Crippen LogP contribution >= 0.6 is 0 Å². The number of hydrogen-bond donors (Lipinski definition) is 1. The standard InChI is InChI=1S/C23H25N3O/c1-23(2,3)20-9-11-21(12-10-20)26(22(27)19-7-5-4-6-8-19)25-17-18-13-15-24-16-14-18/h4-16,25H,17H2,1-3H3. The number of aromatic nitrogens is 1. The number of nitrogens with one attached hydrogen (secondary N) is 1. The fraction of sp³-hybridized carbons (Fsp3) is 0.217. The average Bonchev–Trinajstić information content (AvgIpc) is 2.69. The number of carbonyl (C=O) groups is 1. The predicted octanol–water partition coefficient (Wildman–Crippen LogP) is 4.73. The van der Waals surface area contributed by atoms with Gasteiger partial charge in [-0.2, -0.15) is 0 Å². The zero-order valence-electron chi connectivity index (χ0n) is 16.0. The zero-order chi connectivity index (χ0) is 19.3. The third-order valence-electron chi connectivity index (χ3n) is 4.41. The molecule has 0 aliphatic heterocycles. The van der Waals surface area contributed by atoms with Gasteiger partial charge in [-0.15, -0.1) is 0 Å². The van der Waals surface area contributed by atoms with Crippen LogP contribution in [0.3, 0.4) is 0 Å². The molecule has 2 aromatic carbocycles. The van der Waals surface area contributed by atoms with Crippen LogP contribution in [0.4, 0.5) is 5.69 Å². The molecule has 4 nitrogen and oxygen atoms in total. The molecule has 1 amide bonds. The Balaban J connectivity index is 1.88. The molecule has 1 aromatic heterocycles. The van der Waals surface area contributed by atoms with Crippen LogP contribution in [0.2, 0.25) is 0 Å². The molecule has 1 N–H and O–H groups in total. The van der Waals surface area contributed by atoms with Gasteiger partial charge in [0, 0.05) is 24.5 Å². The molecule has 0 fully saturated rings. The molecule has 0 spiro atoms. The Kier molecular flexibility index (Phi) is 5.67. The van der Waals surface area contributed by atoms with Crippen molar-refractivity contribution < 1.29 is 4.79 Å². The molecule has 0 saturated heterocycles. The second kappa shape index (κ2) is 8.14. The summed E-state index contributed by atoms with van der Waals surface area (Å²) in [7, 11) is 0. The molecule has 4 heteroatoms. The van der Waals surface area contributed by atoms with E-state index >= 15 is 0 Å². The summed E-state index contributed by atoms with van der Waals surface area (Å²) in [6.07, 6.45) is 3.50. The molecule has 0 saturated carbocycles. The summed E-state index contributed by atoms with van der Waals surface area (Å²) in [6.45, 7) is 7.06. The van der Waals surface area contributed by atoms with E-state index in [1.165, 1.54) is 5.56 Å². The Hall–Kier alpha value is -2.98. The molecular formula is C23H25N3O. The Morgan fingerprint density at radius 1 is 0.926 bits per heavy atom. The third kappa shape index (κ3) is 4.80. The van der Waals surface area contributed by atoms with Crippen molar-refractivity contribution in [2.24, 2.45) is 0 Å². The SMILES string of the molecule is CC(C)(C)c1ccc(N(NCc2ccncc2)C(=O)c2ccccc2)cc1. The molecule has 27 heavy (non-hydrogen) atoms. The van der Waals surface area contributed by atoms with Crippen LogP contribution < -0.4 is 10.4 Å². The molecule has 0 bridgehead atoms. The lowest BCUT2D eigenvalue weighted by molar-refractivity contribution is 0.0973. The first-order valence-electron chi connectivity index (χ1n) is 9.07. The highest BCUT2D eigenvalue weighted by Gasteiger charge is 2.19. The van der Waals surface area contributed by atoms with Gasteiger partial charge in [-0.3, -0.25) is 9.78 Å². The van der Waals surface area contributed by atoms with E-state index in [0.29, 0.717) is 12.1 Å². The Bertz CT molecular complexity index is 869. The van der Waals surface area contributed by atoms with E-state index < -0.39 is 0 Å². The van der Waals surface area contributed by atoms with Crippen LogP contribution in [-0.2, 0) is 12.0 Å². The van der Waals surface area contributed by atoms with Crippen molar-refractivity contribution in [2.75, 3.05) is 5.01 Å². The molecule has 0 atom stereocenters. The van der Waals surface area contributed by atoms with Gasteiger partial charge in [0.15, 0.2) is 0 Å². The van der Waals surface area contributed by atoms with Crippen molar-refractivity contribution in [3.05, 3.63) is 95.8 Å². The molecule has 0 unspecified atom stereocenters. The molecule has 0 radical (unpaired) electrons. The summed E-state index contributed by atoms with van der Waals surface area (Å²) < 4.78 is 0. The van der Waals surface area contributed by atoms with Gasteiger partial charge in [-0.25, -0.2) is 10.4 Å². The maximum Gasteiger partial charge on any atom is 0.272 e. The van der Waals surface area contributed by atoms with Crippen molar-refractivity contribution >= 4 is 11.6 Å². The van der Waals surface area contributed by atoms with E-state index in [1.54, 1.807) is 17.4 Å². The molecule has 3 aromatic rings. The number of carbonyl (C=O) groups excluding carboxylic acids is 1. The van der Waals surface area contributed by atoms with Crippen molar-refractivity contribution in [1.82, 2.24) is 10.4 Å². The lowest BCUT2D eigenvalue weighted by Crippen LogP contribution is -2.42. The fourth-order valence-electron chi connectivity index (χ4n) is 2.77. The van der Waals surface area contributed by atoms with E-state index in [4.69, 9.17) is 0 Å². The smallest absolute Gasteiger partial charge is 0.267 e. The molecule has 0 aliphatic rings. The number of pyridine rings is 1. The summed E-state index contributed by atoms with van der Waals surface area (Å²) in [5, 5.41) is 1.61. The van der Waals surface area contributed by atoms with Crippen molar-refractivity contribution in [3.8, 4) is 0 Å². The van der Waals surface area contributed by atoms with E-state index in [-0.39, 0.29) is 11.3 Å². The highest BCUT2D eigenvalue weighted by atomic mass is 16.2. The minimum Gasteiger partial charge on any atom is -0.267 e. The van der Waals surface area contributed by atoms with Gasteiger partial charge in [0.05, 0.1) is 5.69 Å². The lowest BCUT2D eigenvalue weighted by Gasteiger charge is -2.25. The quantitative estimate of drug-likeness (QED) is 0.670. The summed E-state index contributed by atoms with van der Waals surface area (Å²) in [5.41, 5.74) is 7.07. The maximum atomic E-state index is 13.1. The summed E-state index contributed by atoms with van der Waals surface area (Å²) in [5.74, 6) is -0.0897. The first-order chi connectivity index (χ1) is 12.9. The van der Waals surface area contributed by atoms with Gasteiger partial charge in [0.2, 0.25) is 0 Å². The predicted molar refractivity (Wildman–Crippen MR) is 109 cm³/mol. The number of amides is 1. The van der Waals surface area contributed by atoms with Crippen LogP contribution in [0.5, 0.6) is 0 Å². The van der Waals surface area contributed by atoms with Crippen molar-refractivity contribution in [2.45, 2.75) is 32.7 Å². The second-order valence-corrected chi connectivity index (χ2v) is 7.49. The number of rotatable bonds is 5. The second-order valence-electron chi connectivity index (χ2n) is 7.49. The first kappa shape index (κ1) is 18.8. The molecular weight excluding hydrogens is 334 g/mol. The van der Waals surface area contributed by atoms with Crippen LogP contribution in [0.25, 0.3) is 0 Å². The minimum atomic E-state index is -0.0897. The fourth-order valence-corrected chi connectivity index (χ4v) is 2.77. The van der Waals surface area contributed by atoms with E-state index in [1.807, 2.05) is 54.6 Å². The van der Waals surface area contributed by atoms with E-state index in [0.717, 1.165) is 11.3 Å². The number of anilines is 1. The summed E-state index contributed by atoms with van der Waals surface area (Å²) >= 11 is 0. The number of hydrogen-bond acceptors (Lipinski definition) is 3. The zero-order valence-corrected chi connectivity index (χ0v) is 16.0. The Labute approximate surface area is 160 Å². The van der Waals surface area contributed by atoms with Crippen LogP contribution in [0, 0.1) is 0 Å². The topological polar surface area (TPSA) is 45.2 Å². The van der Waals surface area contributed by atoms with Crippen LogP contribution in [-0.4, -0.2) is 10.9 Å². The van der Waals surface area contributed by atoms with Crippen molar-refractivity contribution in [3.63, 3.8) is 0 Å². The minimum absolute atomic E-state index is 0.0667. The van der Waals surface area contributed by atoms with Gasteiger partial charge in [-0.05, 0) is 52.9 Å². The molecule has 3 rings (SSSR count). The maximum absolute atomic E-state index is 13.1. The Morgan fingerprint density at radius 3 is 2.15 bits per heavy atom. The number of hydrazine groups is 1. The normalized spacial score (nSPS) is 11.2. The van der Waals surface area contributed by atoms with Gasteiger partial charge in [0.25, 0.3) is 5.91 Å². The van der Waals surface area contributed by atoms with Crippen molar-refractivity contribution in [1.29, 1.82) is 0 Å². The van der Waals surface area contributed by atoms with Gasteiger partial charge in [0.1, 0.15) is 0 Å². The summed E-state index contributed by atoms with van der Waals surface area (Å²) in [4.78, 5) is 17.1. The van der Waals surface area contributed by atoms with Crippen LogP contribution in [0.1, 0.15) is 42.3 Å². The molecule has 1 heterocycles. The number of benzene rings is 2.